The van der Waals surface area contributed by atoms with E-state index in [-0.39, 0.29) is 5.91 Å². The Morgan fingerprint density at radius 2 is 1.78 bits per heavy atom. The number of benzene rings is 2. The highest BCUT2D eigenvalue weighted by Crippen LogP contribution is 2.11. The number of rotatable bonds is 7. The fraction of sp³-hybridized carbons (Fsp3) is 0.190. The van der Waals surface area contributed by atoms with Gasteiger partial charge in [-0.25, -0.2) is 9.97 Å². The standard InChI is InChI=1S/C21H21ClN4O/c1-15-12-19(20(27)24-14-17-6-3-2-4-7-17)26-21(25-15)23-11-10-16-8-5-9-18(22)13-16/h2-9,12-13H,10-11,14H2,1H3,(H,24,27)(H,23,25,26). The third kappa shape index (κ3) is 5.79. The molecule has 0 bridgehead atoms. The van der Waals surface area contributed by atoms with E-state index in [1.54, 1.807) is 6.07 Å². The molecule has 0 saturated heterocycles. The molecule has 0 aliphatic rings. The van der Waals surface area contributed by atoms with E-state index in [9.17, 15) is 4.79 Å². The zero-order chi connectivity index (χ0) is 19.1. The Kier molecular flexibility index (Phi) is 6.39. The molecule has 0 aliphatic heterocycles. The predicted molar refractivity (Wildman–Crippen MR) is 108 cm³/mol. The normalized spacial score (nSPS) is 10.4. The van der Waals surface area contributed by atoms with Crippen LogP contribution in [0.2, 0.25) is 5.02 Å². The van der Waals surface area contributed by atoms with E-state index in [4.69, 9.17) is 11.6 Å². The Balaban J connectivity index is 1.59. The van der Waals surface area contributed by atoms with Crippen molar-refractivity contribution in [1.29, 1.82) is 0 Å². The number of nitrogens with one attached hydrogen (secondary N) is 2. The maximum atomic E-state index is 12.4. The van der Waals surface area contributed by atoms with E-state index < -0.39 is 0 Å². The SMILES string of the molecule is Cc1cc(C(=O)NCc2ccccc2)nc(NCCc2cccc(Cl)c2)n1. The molecule has 3 aromatic rings. The van der Waals surface area contributed by atoms with Gasteiger partial charge in [0.2, 0.25) is 5.95 Å². The van der Waals surface area contributed by atoms with Gasteiger partial charge in [0.25, 0.3) is 5.91 Å². The summed E-state index contributed by atoms with van der Waals surface area (Å²) in [4.78, 5) is 21.1. The molecule has 27 heavy (non-hydrogen) atoms. The van der Waals surface area contributed by atoms with Gasteiger partial charge in [-0.3, -0.25) is 4.79 Å². The summed E-state index contributed by atoms with van der Waals surface area (Å²) >= 11 is 6.00. The first-order chi connectivity index (χ1) is 13.1. The number of anilines is 1. The van der Waals surface area contributed by atoms with Crippen molar-refractivity contribution in [2.24, 2.45) is 0 Å². The molecule has 0 unspecified atom stereocenters. The molecule has 0 spiro atoms. The van der Waals surface area contributed by atoms with Gasteiger partial charge in [0.15, 0.2) is 0 Å². The summed E-state index contributed by atoms with van der Waals surface area (Å²) < 4.78 is 0. The van der Waals surface area contributed by atoms with E-state index in [1.165, 1.54) is 0 Å². The number of amides is 1. The van der Waals surface area contributed by atoms with Crippen molar-refractivity contribution < 1.29 is 4.79 Å². The lowest BCUT2D eigenvalue weighted by Gasteiger charge is -2.09. The average molecular weight is 381 g/mol. The van der Waals surface area contributed by atoms with E-state index in [2.05, 4.69) is 20.6 Å². The number of carbonyl (C=O) groups is 1. The lowest BCUT2D eigenvalue weighted by atomic mass is 10.1. The van der Waals surface area contributed by atoms with E-state index in [1.807, 2.05) is 61.5 Å². The van der Waals surface area contributed by atoms with Gasteiger partial charge < -0.3 is 10.6 Å². The summed E-state index contributed by atoms with van der Waals surface area (Å²) in [6.45, 7) is 2.95. The minimum absolute atomic E-state index is 0.220. The van der Waals surface area contributed by atoms with Crippen molar-refractivity contribution in [3.8, 4) is 0 Å². The largest absolute Gasteiger partial charge is 0.354 e. The maximum Gasteiger partial charge on any atom is 0.270 e. The second kappa shape index (κ2) is 9.14. The Labute approximate surface area is 163 Å². The van der Waals surface area contributed by atoms with Crippen molar-refractivity contribution in [2.75, 3.05) is 11.9 Å². The number of nitrogens with zero attached hydrogens (tertiary/aromatic N) is 2. The summed E-state index contributed by atoms with van der Waals surface area (Å²) in [6.07, 6.45) is 0.785. The van der Waals surface area contributed by atoms with Crippen LogP contribution in [0.25, 0.3) is 0 Å². The fourth-order valence-corrected chi connectivity index (χ4v) is 2.86. The van der Waals surface area contributed by atoms with Gasteiger partial charge in [0.05, 0.1) is 0 Å². The molecule has 2 N–H and O–H groups in total. The first kappa shape index (κ1) is 18.9. The summed E-state index contributed by atoms with van der Waals surface area (Å²) in [5, 5.41) is 6.78. The highest BCUT2D eigenvalue weighted by atomic mass is 35.5. The van der Waals surface area contributed by atoms with Crippen LogP contribution in [0.15, 0.2) is 60.7 Å². The van der Waals surface area contributed by atoms with Crippen LogP contribution in [0, 0.1) is 6.92 Å². The number of hydrogen-bond acceptors (Lipinski definition) is 4. The maximum absolute atomic E-state index is 12.4. The van der Waals surface area contributed by atoms with Gasteiger partial charge in [-0.1, -0.05) is 54.1 Å². The molecule has 0 atom stereocenters. The van der Waals surface area contributed by atoms with Crippen LogP contribution >= 0.6 is 11.6 Å². The monoisotopic (exact) mass is 380 g/mol. The molecule has 6 heteroatoms. The molecule has 1 heterocycles. The zero-order valence-electron chi connectivity index (χ0n) is 15.1. The molecule has 0 fully saturated rings. The topological polar surface area (TPSA) is 66.9 Å². The second-order valence-electron chi connectivity index (χ2n) is 6.19. The summed E-state index contributed by atoms with van der Waals surface area (Å²) in [7, 11) is 0. The van der Waals surface area contributed by atoms with E-state index in [0.29, 0.717) is 24.7 Å². The summed E-state index contributed by atoms with van der Waals surface area (Å²) in [5.74, 6) is 0.226. The van der Waals surface area contributed by atoms with E-state index >= 15 is 0 Å². The Morgan fingerprint density at radius 1 is 1.00 bits per heavy atom. The molecule has 0 saturated carbocycles. The number of carbonyl (C=O) groups excluding carboxylic acids is 1. The van der Waals surface area contributed by atoms with Crippen molar-refractivity contribution >= 4 is 23.5 Å². The van der Waals surface area contributed by atoms with Crippen LogP contribution < -0.4 is 10.6 Å². The molecule has 3 rings (SSSR count). The fourth-order valence-electron chi connectivity index (χ4n) is 2.64. The van der Waals surface area contributed by atoms with Crippen molar-refractivity contribution in [2.45, 2.75) is 19.9 Å². The Bertz CT molecular complexity index is 915. The number of hydrogen-bond donors (Lipinski definition) is 2. The minimum Gasteiger partial charge on any atom is -0.354 e. The lowest BCUT2D eigenvalue weighted by molar-refractivity contribution is 0.0945. The van der Waals surface area contributed by atoms with Crippen molar-refractivity contribution in [3.63, 3.8) is 0 Å². The molecule has 1 aromatic heterocycles. The first-order valence-corrected chi connectivity index (χ1v) is 9.14. The number of aromatic nitrogens is 2. The van der Waals surface area contributed by atoms with Gasteiger partial charge in [-0.15, -0.1) is 0 Å². The molecule has 0 radical (unpaired) electrons. The highest BCUT2D eigenvalue weighted by molar-refractivity contribution is 6.30. The van der Waals surface area contributed by atoms with Crippen molar-refractivity contribution in [3.05, 3.63) is 88.2 Å². The van der Waals surface area contributed by atoms with Crippen LogP contribution in [0.4, 0.5) is 5.95 Å². The third-order valence-corrected chi connectivity index (χ3v) is 4.20. The van der Waals surface area contributed by atoms with Gasteiger partial charge in [0.1, 0.15) is 5.69 Å². The molecule has 2 aromatic carbocycles. The van der Waals surface area contributed by atoms with Crippen LogP contribution in [0.5, 0.6) is 0 Å². The number of aryl methyl sites for hydroxylation is 1. The first-order valence-electron chi connectivity index (χ1n) is 8.76. The molecule has 5 nitrogen and oxygen atoms in total. The molecular weight excluding hydrogens is 360 g/mol. The Morgan fingerprint density at radius 3 is 2.56 bits per heavy atom. The predicted octanol–water partition coefficient (Wildman–Crippen LogP) is 4.02. The van der Waals surface area contributed by atoms with Crippen LogP contribution in [-0.4, -0.2) is 22.4 Å². The average Bonchev–Trinajstić information content (AvgIpc) is 2.66. The Hall–Kier alpha value is -2.92. The van der Waals surface area contributed by atoms with Gasteiger partial charge >= 0.3 is 0 Å². The van der Waals surface area contributed by atoms with Crippen molar-refractivity contribution in [1.82, 2.24) is 15.3 Å². The summed E-state index contributed by atoms with van der Waals surface area (Å²) in [6, 6.07) is 19.2. The number of halogens is 1. The van der Waals surface area contributed by atoms with E-state index in [0.717, 1.165) is 28.3 Å². The minimum atomic E-state index is -0.220. The highest BCUT2D eigenvalue weighted by Gasteiger charge is 2.10. The summed E-state index contributed by atoms with van der Waals surface area (Å²) in [5.41, 5.74) is 3.25. The van der Waals surface area contributed by atoms with Gasteiger partial charge in [0, 0.05) is 23.8 Å². The molecule has 1 amide bonds. The molecule has 138 valence electrons. The lowest BCUT2D eigenvalue weighted by Crippen LogP contribution is -2.24. The van der Waals surface area contributed by atoms with Gasteiger partial charge in [-0.05, 0) is 42.7 Å². The molecule has 0 aliphatic carbocycles. The van der Waals surface area contributed by atoms with Crippen LogP contribution in [0.1, 0.15) is 27.3 Å². The third-order valence-electron chi connectivity index (χ3n) is 3.97. The van der Waals surface area contributed by atoms with Crippen LogP contribution in [-0.2, 0) is 13.0 Å². The smallest absolute Gasteiger partial charge is 0.270 e. The molecular formula is C21H21ClN4O. The van der Waals surface area contributed by atoms with Crippen LogP contribution in [0.3, 0.4) is 0 Å². The second-order valence-corrected chi connectivity index (χ2v) is 6.63. The quantitative estimate of drug-likeness (QED) is 0.649. The zero-order valence-corrected chi connectivity index (χ0v) is 15.8. The van der Waals surface area contributed by atoms with Gasteiger partial charge in [-0.2, -0.15) is 0 Å².